The Morgan fingerprint density at radius 2 is 1.71 bits per heavy atom. The van der Waals surface area contributed by atoms with Gasteiger partial charge in [0.25, 0.3) is 5.56 Å². The fourth-order valence-electron chi connectivity index (χ4n) is 3.32. The normalized spacial score (nSPS) is 10.9. The number of fused-ring (bicyclic) bond motifs is 1. The summed E-state index contributed by atoms with van der Waals surface area (Å²) in [7, 11) is 3.48. The Kier molecular flexibility index (Phi) is 4.49. The number of thiocarbonyl (C=S) groups is 1. The van der Waals surface area contributed by atoms with Crippen LogP contribution in [0.15, 0.2) is 77.9 Å². The van der Waals surface area contributed by atoms with Crippen LogP contribution in [-0.2, 0) is 7.05 Å². The van der Waals surface area contributed by atoms with Crippen molar-refractivity contribution < 1.29 is 5.11 Å². The molecule has 0 atom stereocenters. The molecule has 0 radical (unpaired) electrons. The Hall–Kier alpha value is -3.38. The van der Waals surface area contributed by atoms with E-state index in [0.29, 0.717) is 10.9 Å². The van der Waals surface area contributed by atoms with Crippen molar-refractivity contribution in [3.05, 3.63) is 89.0 Å². The van der Waals surface area contributed by atoms with Crippen molar-refractivity contribution in [2.45, 2.75) is 0 Å². The van der Waals surface area contributed by atoms with Gasteiger partial charge in [-0.3, -0.25) is 4.79 Å². The van der Waals surface area contributed by atoms with Crippen LogP contribution >= 0.6 is 12.2 Å². The molecule has 4 aromatic rings. The monoisotopic (exact) mass is 389 g/mol. The van der Waals surface area contributed by atoms with Gasteiger partial charge in [0.2, 0.25) is 0 Å². The Bertz CT molecular complexity index is 1230. The molecule has 0 unspecified atom stereocenters. The highest BCUT2D eigenvalue weighted by Gasteiger charge is 2.22. The van der Waals surface area contributed by atoms with Gasteiger partial charge in [0.15, 0.2) is 0 Å². The summed E-state index contributed by atoms with van der Waals surface area (Å²) in [5.74, 6) is -0.0973. The Morgan fingerprint density at radius 1 is 1.04 bits per heavy atom. The molecule has 5 nitrogen and oxygen atoms in total. The minimum atomic E-state index is -0.327. The van der Waals surface area contributed by atoms with Crippen molar-refractivity contribution in [3.8, 4) is 11.4 Å². The van der Waals surface area contributed by atoms with Crippen molar-refractivity contribution in [2.75, 3.05) is 11.9 Å². The van der Waals surface area contributed by atoms with Gasteiger partial charge < -0.3 is 19.1 Å². The van der Waals surface area contributed by atoms with Crippen molar-refractivity contribution in [1.29, 1.82) is 0 Å². The number of rotatable bonds is 3. The van der Waals surface area contributed by atoms with Crippen LogP contribution in [0.4, 0.5) is 5.69 Å². The number of aromatic nitrogens is 2. The number of hydrogen-bond donors (Lipinski definition) is 1. The maximum Gasteiger partial charge on any atom is 0.264 e. The highest BCUT2D eigenvalue weighted by atomic mass is 32.1. The molecule has 0 spiro atoms. The summed E-state index contributed by atoms with van der Waals surface area (Å²) >= 11 is 5.58. The first-order valence-corrected chi connectivity index (χ1v) is 9.22. The van der Waals surface area contributed by atoms with Gasteiger partial charge in [-0.25, -0.2) is 0 Å². The van der Waals surface area contributed by atoms with E-state index in [1.54, 1.807) is 19.0 Å². The third-order valence-corrected chi connectivity index (χ3v) is 5.39. The number of benzene rings is 2. The van der Waals surface area contributed by atoms with Gasteiger partial charge in [0.05, 0.1) is 5.52 Å². The maximum atomic E-state index is 13.0. The molecule has 0 saturated heterocycles. The summed E-state index contributed by atoms with van der Waals surface area (Å²) in [6.07, 6.45) is 3.85. The van der Waals surface area contributed by atoms with E-state index in [2.05, 4.69) is 0 Å². The number of aryl methyl sites for hydroxylation is 1. The molecule has 0 aliphatic rings. The van der Waals surface area contributed by atoms with Gasteiger partial charge in [-0.05, 0) is 42.5 Å². The largest absolute Gasteiger partial charge is 0.506 e. The summed E-state index contributed by atoms with van der Waals surface area (Å²) in [5, 5.41) is 11.6. The fourth-order valence-corrected chi connectivity index (χ4v) is 3.61. The second kappa shape index (κ2) is 6.98. The lowest BCUT2D eigenvalue weighted by molar-refractivity contribution is 0.478. The zero-order valence-electron chi connectivity index (χ0n) is 15.5. The summed E-state index contributed by atoms with van der Waals surface area (Å²) in [5.41, 5.74) is 2.18. The zero-order chi connectivity index (χ0) is 19.8. The second-order valence-corrected chi connectivity index (χ2v) is 6.97. The summed E-state index contributed by atoms with van der Waals surface area (Å²) in [6.45, 7) is 0. The topological polar surface area (TPSA) is 50.4 Å². The average Bonchev–Trinajstić information content (AvgIpc) is 3.27. The number of para-hydroxylation sites is 1. The molecular weight excluding hydrogens is 370 g/mol. The van der Waals surface area contributed by atoms with Gasteiger partial charge in [-0.15, -0.1) is 0 Å². The highest BCUT2D eigenvalue weighted by Crippen LogP contribution is 2.30. The van der Waals surface area contributed by atoms with E-state index in [4.69, 9.17) is 12.2 Å². The molecule has 28 heavy (non-hydrogen) atoms. The second-order valence-electron chi connectivity index (χ2n) is 6.58. The Balaban J connectivity index is 1.91. The van der Waals surface area contributed by atoms with Crippen LogP contribution in [0, 0.1) is 0 Å². The van der Waals surface area contributed by atoms with Crippen molar-refractivity contribution in [2.24, 2.45) is 7.05 Å². The Labute approximate surface area is 167 Å². The fraction of sp³-hybridized carbons (Fsp3) is 0.0909. The molecule has 2 aromatic carbocycles. The summed E-state index contributed by atoms with van der Waals surface area (Å²) in [4.78, 5) is 15.0. The van der Waals surface area contributed by atoms with Crippen LogP contribution in [-0.4, -0.2) is 26.3 Å². The van der Waals surface area contributed by atoms with Gasteiger partial charge in [-0.1, -0.05) is 30.4 Å². The number of anilines is 1. The predicted octanol–water partition coefficient (Wildman–Crippen LogP) is 3.85. The quantitative estimate of drug-likeness (QED) is 0.541. The van der Waals surface area contributed by atoms with Crippen LogP contribution in [0.5, 0.6) is 5.75 Å². The first kappa shape index (κ1) is 18.0. The van der Waals surface area contributed by atoms with E-state index in [1.165, 1.54) is 4.57 Å². The van der Waals surface area contributed by atoms with Crippen LogP contribution < -0.4 is 10.5 Å². The molecule has 6 heteroatoms. The number of nitrogens with zero attached hydrogens (tertiary/aromatic N) is 3. The van der Waals surface area contributed by atoms with Crippen molar-refractivity contribution >= 4 is 33.8 Å². The minimum absolute atomic E-state index is 0.0973. The molecule has 4 rings (SSSR count). The molecule has 140 valence electrons. The maximum absolute atomic E-state index is 13.0. The van der Waals surface area contributed by atoms with Crippen LogP contribution in [0.3, 0.4) is 0 Å². The molecule has 0 fully saturated rings. The Morgan fingerprint density at radius 3 is 2.39 bits per heavy atom. The summed E-state index contributed by atoms with van der Waals surface area (Å²) in [6, 6.07) is 19.0. The van der Waals surface area contributed by atoms with E-state index in [0.717, 1.165) is 11.4 Å². The lowest BCUT2D eigenvalue weighted by Crippen LogP contribution is -2.33. The number of pyridine rings is 1. The zero-order valence-corrected chi connectivity index (χ0v) is 16.4. The van der Waals surface area contributed by atoms with Crippen LogP contribution in [0.1, 0.15) is 5.56 Å². The van der Waals surface area contributed by atoms with Crippen molar-refractivity contribution in [3.63, 3.8) is 0 Å². The van der Waals surface area contributed by atoms with E-state index in [-0.39, 0.29) is 21.9 Å². The van der Waals surface area contributed by atoms with Crippen LogP contribution in [0.2, 0.25) is 0 Å². The minimum Gasteiger partial charge on any atom is -0.506 e. The lowest BCUT2D eigenvalue weighted by Gasteiger charge is -2.22. The third kappa shape index (κ3) is 2.88. The van der Waals surface area contributed by atoms with Gasteiger partial charge in [-0.2, -0.15) is 0 Å². The van der Waals surface area contributed by atoms with Crippen molar-refractivity contribution in [1.82, 2.24) is 9.13 Å². The van der Waals surface area contributed by atoms with E-state index in [1.807, 2.05) is 77.6 Å². The van der Waals surface area contributed by atoms with Gasteiger partial charge in [0.1, 0.15) is 16.3 Å². The molecule has 0 aliphatic carbocycles. The summed E-state index contributed by atoms with van der Waals surface area (Å²) < 4.78 is 3.47. The van der Waals surface area contributed by atoms with Gasteiger partial charge >= 0.3 is 0 Å². The first-order valence-electron chi connectivity index (χ1n) is 8.81. The molecule has 1 N–H and O–H groups in total. The van der Waals surface area contributed by atoms with E-state index >= 15 is 0 Å². The molecule has 2 heterocycles. The van der Waals surface area contributed by atoms with E-state index < -0.39 is 0 Å². The predicted molar refractivity (Wildman–Crippen MR) is 117 cm³/mol. The lowest BCUT2D eigenvalue weighted by atomic mass is 10.1. The molecule has 0 aliphatic heterocycles. The van der Waals surface area contributed by atoms with E-state index in [9.17, 15) is 9.90 Å². The smallest absolute Gasteiger partial charge is 0.264 e. The van der Waals surface area contributed by atoms with Crippen LogP contribution in [0.25, 0.3) is 16.6 Å². The molecular formula is C22H19N3O2S. The number of aromatic hydroxyl groups is 1. The standard InChI is InChI=1S/C22H19N3O2S/c1-23(15-8-4-3-5-9-15)22(28)19-20(26)17-14-16(25-12-6-7-13-25)10-11-18(17)24(2)21(19)27/h3-14,26H,1-2H3. The highest BCUT2D eigenvalue weighted by molar-refractivity contribution is 7.81. The molecule has 0 bridgehead atoms. The average molecular weight is 389 g/mol. The third-order valence-electron chi connectivity index (χ3n) is 4.92. The SMILES string of the molecule is CN(C(=S)c1c(O)c2cc(-n3cccc3)ccc2n(C)c1=O)c1ccccc1. The van der Waals surface area contributed by atoms with Gasteiger partial charge in [0, 0.05) is 43.3 Å². The molecule has 2 aromatic heterocycles. The number of hydrogen-bond acceptors (Lipinski definition) is 3. The molecule has 0 saturated carbocycles. The first-order chi connectivity index (χ1) is 13.5. The molecule has 0 amide bonds.